The normalized spacial score (nSPS) is 22.8. The molecule has 0 aromatic heterocycles. The van der Waals surface area contributed by atoms with E-state index in [1.807, 2.05) is 6.07 Å². The lowest BCUT2D eigenvalue weighted by molar-refractivity contribution is -0.143. The van der Waals surface area contributed by atoms with Crippen LogP contribution in [-0.2, 0) is 10.2 Å². The van der Waals surface area contributed by atoms with Gasteiger partial charge in [0.15, 0.2) is 0 Å². The van der Waals surface area contributed by atoms with E-state index in [0.717, 1.165) is 31.2 Å². The van der Waals surface area contributed by atoms with Crippen molar-refractivity contribution in [2.75, 3.05) is 0 Å². The average molecular weight is 272 g/mol. The number of carboxylic acids is 1. The van der Waals surface area contributed by atoms with Gasteiger partial charge in [-0.2, -0.15) is 0 Å². The zero-order valence-corrected chi connectivity index (χ0v) is 12.1. The summed E-state index contributed by atoms with van der Waals surface area (Å²) in [6, 6.07) is 8.51. The molecule has 0 heterocycles. The molecule has 2 aliphatic carbocycles. The minimum Gasteiger partial charge on any atom is -0.481 e. The molecule has 2 heteroatoms. The molecule has 2 saturated carbocycles. The lowest BCUT2D eigenvalue weighted by atomic mass is 9.76. The molecular formula is C18H24O2. The summed E-state index contributed by atoms with van der Waals surface area (Å²) in [5, 5.41) is 9.72. The number of carbonyl (C=O) groups is 1. The van der Waals surface area contributed by atoms with Gasteiger partial charge < -0.3 is 5.11 Å². The Morgan fingerprint density at radius 3 is 2.40 bits per heavy atom. The van der Waals surface area contributed by atoms with Gasteiger partial charge in [-0.3, -0.25) is 4.79 Å². The molecule has 0 spiro atoms. The maximum Gasteiger partial charge on any atom is 0.314 e. The van der Waals surface area contributed by atoms with Gasteiger partial charge in [-0.25, -0.2) is 0 Å². The van der Waals surface area contributed by atoms with Crippen LogP contribution in [0.2, 0.25) is 0 Å². The Bertz CT molecular complexity index is 480. The molecular weight excluding hydrogens is 248 g/mol. The van der Waals surface area contributed by atoms with E-state index < -0.39 is 11.4 Å². The monoisotopic (exact) mass is 272 g/mol. The van der Waals surface area contributed by atoms with E-state index in [-0.39, 0.29) is 0 Å². The molecule has 3 rings (SSSR count). The van der Waals surface area contributed by atoms with Crippen molar-refractivity contribution in [3.8, 4) is 0 Å². The van der Waals surface area contributed by atoms with Crippen LogP contribution in [0.4, 0.5) is 0 Å². The number of benzene rings is 1. The van der Waals surface area contributed by atoms with E-state index >= 15 is 0 Å². The summed E-state index contributed by atoms with van der Waals surface area (Å²) in [7, 11) is 0. The molecule has 0 amide bonds. The molecule has 0 bridgehead atoms. The zero-order valence-electron chi connectivity index (χ0n) is 12.1. The molecule has 0 saturated heterocycles. The lowest BCUT2D eigenvalue weighted by Gasteiger charge is -2.27. The molecule has 2 aliphatic rings. The number of hydrogen-bond donors (Lipinski definition) is 1. The van der Waals surface area contributed by atoms with Crippen LogP contribution >= 0.6 is 0 Å². The van der Waals surface area contributed by atoms with Crippen molar-refractivity contribution in [1.29, 1.82) is 0 Å². The van der Waals surface area contributed by atoms with E-state index in [4.69, 9.17) is 0 Å². The Kier molecular flexibility index (Phi) is 3.82. The molecule has 1 aromatic carbocycles. The molecule has 2 nitrogen and oxygen atoms in total. The average Bonchev–Trinajstić information content (AvgIpc) is 2.99. The molecule has 0 atom stereocenters. The molecule has 20 heavy (non-hydrogen) atoms. The third kappa shape index (κ3) is 2.36. The topological polar surface area (TPSA) is 37.3 Å². The smallest absolute Gasteiger partial charge is 0.314 e. The van der Waals surface area contributed by atoms with E-state index in [9.17, 15) is 9.90 Å². The molecule has 0 radical (unpaired) electrons. The third-order valence-corrected chi connectivity index (χ3v) is 5.38. The first kappa shape index (κ1) is 13.7. The zero-order chi connectivity index (χ0) is 14.0. The first-order valence-corrected chi connectivity index (χ1v) is 8.06. The van der Waals surface area contributed by atoms with E-state index in [2.05, 4.69) is 18.2 Å². The van der Waals surface area contributed by atoms with Gasteiger partial charge in [0.25, 0.3) is 0 Å². The van der Waals surface area contributed by atoms with Gasteiger partial charge in [0.05, 0.1) is 5.41 Å². The van der Waals surface area contributed by atoms with Crippen molar-refractivity contribution in [2.45, 2.75) is 69.1 Å². The highest BCUT2D eigenvalue weighted by molar-refractivity contribution is 5.81. The SMILES string of the molecule is O=C(O)C1(c2cccc(C3CCCCC3)c2)CCCC1. The Morgan fingerprint density at radius 2 is 1.75 bits per heavy atom. The van der Waals surface area contributed by atoms with Gasteiger partial charge in [-0.1, -0.05) is 56.4 Å². The maximum absolute atomic E-state index is 11.8. The highest BCUT2D eigenvalue weighted by Crippen LogP contribution is 2.43. The summed E-state index contributed by atoms with van der Waals surface area (Å²) >= 11 is 0. The van der Waals surface area contributed by atoms with E-state index in [0.29, 0.717) is 5.92 Å². The Morgan fingerprint density at radius 1 is 1.05 bits per heavy atom. The van der Waals surface area contributed by atoms with Gasteiger partial charge in [-0.05, 0) is 42.7 Å². The molecule has 1 aromatic rings. The highest BCUT2D eigenvalue weighted by Gasteiger charge is 2.43. The predicted octanol–water partition coefficient (Wildman–Crippen LogP) is 4.63. The first-order chi connectivity index (χ1) is 9.72. The maximum atomic E-state index is 11.8. The summed E-state index contributed by atoms with van der Waals surface area (Å²) in [4.78, 5) is 11.8. The predicted molar refractivity (Wildman–Crippen MR) is 80.0 cm³/mol. The van der Waals surface area contributed by atoms with Crippen LogP contribution in [0.25, 0.3) is 0 Å². The highest BCUT2D eigenvalue weighted by atomic mass is 16.4. The second kappa shape index (κ2) is 5.59. The summed E-state index contributed by atoms with van der Waals surface area (Å²) in [5.74, 6) is 0.0201. The van der Waals surface area contributed by atoms with Crippen LogP contribution in [0.3, 0.4) is 0 Å². The van der Waals surface area contributed by atoms with Gasteiger partial charge in [0.2, 0.25) is 0 Å². The minimum absolute atomic E-state index is 0.606. The number of hydrogen-bond acceptors (Lipinski definition) is 1. The second-order valence-corrected chi connectivity index (χ2v) is 6.55. The minimum atomic E-state index is -0.629. The van der Waals surface area contributed by atoms with Gasteiger partial charge in [0.1, 0.15) is 0 Å². The fraction of sp³-hybridized carbons (Fsp3) is 0.611. The van der Waals surface area contributed by atoms with Crippen LogP contribution in [0.15, 0.2) is 24.3 Å². The summed E-state index contributed by atoms with van der Waals surface area (Å²) < 4.78 is 0. The van der Waals surface area contributed by atoms with E-state index in [1.165, 1.54) is 37.7 Å². The Labute approximate surface area is 121 Å². The molecule has 2 fully saturated rings. The summed E-state index contributed by atoms with van der Waals surface area (Å²) in [5.41, 5.74) is 1.81. The largest absolute Gasteiger partial charge is 0.481 e. The number of aliphatic carboxylic acids is 1. The summed E-state index contributed by atoms with van der Waals surface area (Å²) in [6.07, 6.45) is 10.2. The second-order valence-electron chi connectivity index (χ2n) is 6.55. The molecule has 0 unspecified atom stereocenters. The Hall–Kier alpha value is -1.31. The van der Waals surface area contributed by atoms with Gasteiger partial charge in [0, 0.05) is 0 Å². The van der Waals surface area contributed by atoms with Crippen LogP contribution in [0, 0.1) is 0 Å². The van der Waals surface area contributed by atoms with E-state index in [1.54, 1.807) is 0 Å². The van der Waals surface area contributed by atoms with Crippen LogP contribution in [-0.4, -0.2) is 11.1 Å². The molecule has 1 N–H and O–H groups in total. The van der Waals surface area contributed by atoms with Gasteiger partial charge in [-0.15, -0.1) is 0 Å². The standard InChI is InChI=1S/C18H24O2/c19-17(20)18(11-4-5-12-18)16-10-6-9-15(13-16)14-7-2-1-3-8-14/h6,9-10,13-14H,1-5,7-8,11-12H2,(H,19,20). The van der Waals surface area contributed by atoms with Crippen molar-refractivity contribution in [2.24, 2.45) is 0 Å². The van der Waals surface area contributed by atoms with Crippen molar-refractivity contribution in [3.05, 3.63) is 35.4 Å². The molecule has 0 aliphatic heterocycles. The van der Waals surface area contributed by atoms with Crippen LogP contribution < -0.4 is 0 Å². The first-order valence-electron chi connectivity index (χ1n) is 8.06. The van der Waals surface area contributed by atoms with Gasteiger partial charge >= 0.3 is 5.97 Å². The fourth-order valence-corrected chi connectivity index (χ4v) is 4.13. The van der Waals surface area contributed by atoms with Crippen molar-refractivity contribution >= 4 is 5.97 Å². The number of carboxylic acid groups (broad SMARTS) is 1. The molecule has 108 valence electrons. The Balaban J connectivity index is 1.91. The van der Waals surface area contributed by atoms with Crippen molar-refractivity contribution in [1.82, 2.24) is 0 Å². The van der Waals surface area contributed by atoms with Crippen LogP contribution in [0.1, 0.15) is 74.8 Å². The fourth-order valence-electron chi connectivity index (χ4n) is 4.13. The lowest BCUT2D eigenvalue weighted by Crippen LogP contribution is -2.32. The third-order valence-electron chi connectivity index (χ3n) is 5.38. The van der Waals surface area contributed by atoms with Crippen molar-refractivity contribution < 1.29 is 9.90 Å². The summed E-state index contributed by atoms with van der Waals surface area (Å²) in [6.45, 7) is 0. The number of rotatable bonds is 3. The van der Waals surface area contributed by atoms with Crippen molar-refractivity contribution in [3.63, 3.8) is 0 Å². The van der Waals surface area contributed by atoms with Crippen LogP contribution in [0.5, 0.6) is 0 Å². The quantitative estimate of drug-likeness (QED) is 0.871.